The fourth-order valence-corrected chi connectivity index (χ4v) is 5.28. The Kier molecular flexibility index (Phi) is 9.09. The number of halogens is 2. The lowest BCUT2D eigenvalue weighted by Gasteiger charge is -2.38. The van der Waals surface area contributed by atoms with Crippen LogP contribution >= 0.6 is 27.5 Å². The van der Waals surface area contributed by atoms with Crippen molar-refractivity contribution in [3.8, 4) is 0 Å². The van der Waals surface area contributed by atoms with Crippen molar-refractivity contribution in [3.05, 3.63) is 45.4 Å². The number of hydrogen-bond donors (Lipinski definition) is 1. The van der Waals surface area contributed by atoms with Gasteiger partial charge in [0.2, 0.25) is 5.91 Å². The Bertz CT molecular complexity index is 1290. The Morgan fingerprint density at radius 1 is 1.00 bits per heavy atom. The van der Waals surface area contributed by atoms with Crippen LogP contribution in [-0.4, -0.2) is 92.9 Å². The molecule has 2 aromatic rings. The third-order valence-electron chi connectivity index (χ3n) is 6.97. The molecule has 3 heterocycles. The molecule has 1 aromatic carbocycles. The first kappa shape index (κ1) is 29.9. The van der Waals surface area contributed by atoms with Crippen LogP contribution in [0.25, 0.3) is 0 Å². The third kappa shape index (κ3) is 6.95. The van der Waals surface area contributed by atoms with Gasteiger partial charge in [-0.1, -0.05) is 11.6 Å². The highest BCUT2D eigenvalue weighted by atomic mass is 79.9. The van der Waals surface area contributed by atoms with E-state index in [1.165, 1.54) is 12.3 Å². The van der Waals surface area contributed by atoms with Gasteiger partial charge in [-0.05, 0) is 67.7 Å². The van der Waals surface area contributed by atoms with Crippen molar-refractivity contribution in [2.45, 2.75) is 39.2 Å². The molecule has 0 bridgehead atoms. The van der Waals surface area contributed by atoms with Gasteiger partial charge in [-0.2, -0.15) is 0 Å². The smallest absolute Gasteiger partial charge is 0.410 e. The zero-order valence-corrected chi connectivity index (χ0v) is 25.4. The van der Waals surface area contributed by atoms with Gasteiger partial charge in [0.05, 0.1) is 16.8 Å². The number of anilines is 1. The molecule has 2 saturated heterocycles. The minimum absolute atomic E-state index is 0.0637. The average molecular weight is 638 g/mol. The van der Waals surface area contributed by atoms with Crippen molar-refractivity contribution in [2.24, 2.45) is 13.0 Å². The van der Waals surface area contributed by atoms with Crippen molar-refractivity contribution in [1.82, 2.24) is 24.3 Å². The van der Waals surface area contributed by atoms with E-state index >= 15 is 0 Å². The molecule has 0 unspecified atom stereocenters. The van der Waals surface area contributed by atoms with Crippen LogP contribution in [0, 0.1) is 5.92 Å². The molecule has 1 aromatic heterocycles. The van der Waals surface area contributed by atoms with Gasteiger partial charge in [0.25, 0.3) is 11.8 Å². The second-order valence-electron chi connectivity index (χ2n) is 11.0. The van der Waals surface area contributed by atoms with Gasteiger partial charge >= 0.3 is 6.09 Å². The zero-order valence-electron chi connectivity index (χ0n) is 23.1. The number of imidazole rings is 1. The summed E-state index contributed by atoms with van der Waals surface area (Å²) in [6.07, 6.45) is 2.29. The van der Waals surface area contributed by atoms with E-state index in [-0.39, 0.29) is 34.7 Å². The molecule has 13 heteroatoms. The molecule has 216 valence electrons. The predicted molar refractivity (Wildman–Crippen MR) is 153 cm³/mol. The van der Waals surface area contributed by atoms with E-state index in [0.29, 0.717) is 68.0 Å². The van der Waals surface area contributed by atoms with Crippen LogP contribution in [0.5, 0.6) is 0 Å². The normalized spacial score (nSPS) is 16.6. The molecule has 40 heavy (non-hydrogen) atoms. The topological polar surface area (TPSA) is 117 Å². The largest absolute Gasteiger partial charge is 0.444 e. The molecule has 1 N–H and O–H groups in total. The number of ether oxygens (including phenoxy) is 1. The number of amides is 4. The van der Waals surface area contributed by atoms with Gasteiger partial charge in [0.15, 0.2) is 5.82 Å². The summed E-state index contributed by atoms with van der Waals surface area (Å²) < 4.78 is 7.70. The number of aromatic nitrogens is 2. The molecule has 4 rings (SSSR count). The van der Waals surface area contributed by atoms with Crippen LogP contribution in [0.3, 0.4) is 0 Å². The highest BCUT2D eigenvalue weighted by Gasteiger charge is 2.34. The summed E-state index contributed by atoms with van der Waals surface area (Å²) in [6, 6.07) is 4.76. The fourth-order valence-electron chi connectivity index (χ4n) is 4.75. The molecule has 2 fully saturated rings. The van der Waals surface area contributed by atoms with E-state index < -0.39 is 11.5 Å². The van der Waals surface area contributed by atoms with E-state index in [9.17, 15) is 19.2 Å². The number of piperidine rings is 1. The highest BCUT2D eigenvalue weighted by molar-refractivity contribution is 9.10. The first-order chi connectivity index (χ1) is 18.8. The number of benzene rings is 1. The molecule has 0 atom stereocenters. The van der Waals surface area contributed by atoms with Crippen LogP contribution in [0.15, 0.2) is 29.0 Å². The van der Waals surface area contributed by atoms with Crippen molar-refractivity contribution < 1.29 is 23.9 Å². The highest BCUT2D eigenvalue weighted by Crippen LogP contribution is 2.27. The lowest BCUT2D eigenvalue weighted by Crippen LogP contribution is -2.53. The van der Waals surface area contributed by atoms with Gasteiger partial charge in [-0.3, -0.25) is 14.4 Å². The minimum Gasteiger partial charge on any atom is -0.444 e. The number of rotatable bonds is 4. The second kappa shape index (κ2) is 12.2. The lowest BCUT2D eigenvalue weighted by molar-refractivity contribution is -0.138. The SMILES string of the molecule is Cn1c(Br)cnc1C(=O)Nc1ccc(C(=O)N2CCC(C(=O)N3CCN(C(=O)OC(C)(C)C)CC3)CC2)c(Cl)c1. The number of carbonyl (C=O) groups excluding carboxylic acids is 4. The predicted octanol–water partition coefficient (Wildman–Crippen LogP) is 4.02. The van der Waals surface area contributed by atoms with Gasteiger partial charge < -0.3 is 29.3 Å². The maximum atomic E-state index is 13.2. The summed E-state index contributed by atoms with van der Waals surface area (Å²) in [5.41, 5.74) is 0.222. The molecule has 0 spiro atoms. The van der Waals surface area contributed by atoms with Gasteiger partial charge in [-0.25, -0.2) is 9.78 Å². The summed E-state index contributed by atoms with van der Waals surface area (Å²) in [4.78, 5) is 60.4. The van der Waals surface area contributed by atoms with Crippen molar-refractivity contribution >= 4 is 57.0 Å². The molecular weight excluding hydrogens is 604 g/mol. The lowest BCUT2D eigenvalue weighted by atomic mass is 9.94. The van der Waals surface area contributed by atoms with E-state index in [2.05, 4.69) is 26.2 Å². The maximum Gasteiger partial charge on any atom is 0.410 e. The minimum atomic E-state index is -0.560. The first-order valence-corrected chi connectivity index (χ1v) is 14.3. The first-order valence-electron chi connectivity index (χ1n) is 13.2. The van der Waals surface area contributed by atoms with Gasteiger partial charge in [-0.15, -0.1) is 0 Å². The fraction of sp³-hybridized carbons (Fsp3) is 0.519. The Labute approximate surface area is 246 Å². The molecule has 4 amide bonds. The monoisotopic (exact) mass is 636 g/mol. The number of nitrogens with one attached hydrogen (secondary N) is 1. The van der Waals surface area contributed by atoms with E-state index in [4.69, 9.17) is 16.3 Å². The van der Waals surface area contributed by atoms with Crippen molar-refractivity contribution in [1.29, 1.82) is 0 Å². The molecule has 2 aliphatic rings. The van der Waals surface area contributed by atoms with Crippen molar-refractivity contribution in [3.63, 3.8) is 0 Å². The quantitative estimate of drug-likeness (QED) is 0.542. The summed E-state index contributed by atoms with van der Waals surface area (Å²) in [5, 5.41) is 2.97. The number of carbonyl (C=O) groups is 4. The second-order valence-corrected chi connectivity index (χ2v) is 12.2. The van der Waals surface area contributed by atoms with Crippen LogP contribution < -0.4 is 5.32 Å². The van der Waals surface area contributed by atoms with Crippen LogP contribution in [-0.2, 0) is 16.6 Å². The standard InChI is InChI=1S/C27H34BrClN6O5/c1-27(2,3)40-26(39)35-13-11-34(12-14-35)24(37)17-7-9-33(10-8-17)25(38)19-6-5-18(15-20(19)29)31-23(36)22-30-16-21(28)32(22)4/h5-6,15-17H,7-14H2,1-4H3,(H,31,36). The number of hydrogen-bond acceptors (Lipinski definition) is 6. The van der Waals surface area contributed by atoms with E-state index in [1.54, 1.807) is 38.4 Å². The molecular formula is C27H34BrClN6O5. The van der Waals surface area contributed by atoms with E-state index in [1.807, 2.05) is 20.8 Å². The Morgan fingerprint density at radius 2 is 1.62 bits per heavy atom. The number of likely N-dealkylation sites (tertiary alicyclic amines) is 1. The molecule has 11 nitrogen and oxygen atoms in total. The number of piperazine rings is 1. The maximum absolute atomic E-state index is 13.2. The Morgan fingerprint density at radius 3 is 2.17 bits per heavy atom. The summed E-state index contributed by atoms with van der Waals surface area (Å²) in [7, 11) is 1.71. The third-order valence-corrected chi connectivity index (χ3v) is 8.02. The summed E-state index contributed by atoms with van der Waals surface area (Å²) in [6.45, 7) is 8.17. The number of nitrogens with zero attached hydrogens (tertiary/aromatic N) is 5. The average Bonchev–Trinajstić information content (AvgIpc) is 3.25. The van der Waals surface area contributed by atoms with E-state index in [0.717, 1.165) is 0 Å². The van der Waals surface area contributed by atoms with Crippen LogP contribution in [0.4, 0.5) is 10.5 Å². The molecule has 0 saturated carbocycles. The Hall–Kier alpha value is -3.12. The molecule has 2 aliphatic heterocycles. The van der Waals surface area contributed by atoms with Crippen LogP contribution in [0.1, 0.15) is 54.6 Å². The summed E-state index contributed by atoms with van der Waals surface area (Å²) >= 11 is 9.74. The molecule has 0 radical (unpaired) electrons. The van der Waals surface area contributed by atoms with Crippen molar-refractivity contribution in [2.75, 3.05) is 44.6 Å². The Balaban J connectivity index is 1.27. The zero-order chi connectivity index (χ0) is 29.2. The summed E-state index contributed by atoms with van der Waals surface area (Å²) in [5.74, 6) is -0.496. The van der Waals surface area contributed by atoms with Gasteiger partial charge in [0.1, 0.15) is 10.2 Å². The van der Waals surface area contributed by atoms with Gasteiger partial charge in [0, 0.05) is 57.9 Å². The molecule has 0 aliphatic carbocycles. The van der Waals surface area contributed by atoms with Crippen LogP contribution in [0.2, 0.25) is 5.02 Å².